The SMILES string of the molecule is CCOC(C)C(O)Cc1ncnn1CC. The summed E-state index contributed by atoms with van der Waals surface area (Å²) in [6.45, 7) is 7.15. The molecule has 5 nitrogen and oxygen atoms in total. The molecule has 2 unspecified atom stereocenters. The Morgan fingerprint density at radius 3 is 2.87 bits per heavy atom. The molecule has 5 heteroatoms. The van der Waals surface area contributed by atoms with Crippen molar-refractivity contribution in [1.29, 1.82) is 0 Å². The average molecular weight is 213 g/mol. The van der Waals surface area contributed by atoms with Gasteiger partial charge >= 0.3 is 0 Å². The maximum absolute atomic E-state index is 9.83. The molecular weight excluding hydrogens is 194 g/mol. The molecule has 1 N–H and O–H groups in total. The number of hydrogen-bond acceptors (Lipinski definition) is 4. The van der Waals surface area contributed by atoms with Gasteiger partial charge in [0.15, 0.2) is 0 Å². The van der Waals surface area contributed by atoms with Crippen molar-refractivity contribution in [3.05, 3.63) is 12.2 Å². The van der Waals surface area contributed by atoms with Crippen LogP contribution in [-0.2, 0) is 17.7 Å². The highest BCUT2D eigenvalue weighted by atomic mass is 16.5. The minimum Gasteiger partial charge on any atom is -0.390 e. The molecule has 2 atom stereocenters. The zero-order valence-electron chi connectivity index (χ0n) is 9.55. The maximum atomic E-state index is 9.83. The Morgan fingerprint density at radius 1 is 1.53 bits per heavy atom. The summed E-state index contributed by atoms with van der Waals surface area (Å²) < 4.78 is 7.10. The molecule has 1 rings (SSSR count). The summed E-state index contributed by atoms with van der Waals surface area (Å²) in [4.78, 5) is 4.11. The van der Waals surface area contributed by atoms with Gasteiger partial charge in [0.2, 0.25) is 0 Å². The van der Waals surface area contributed by atoms with Crippen molar-refractivity contribution in [3.8, 4) is 0 Å². The third-order valence-corrected chi connectivity index (χ3v) is 2.36. The van der Waals surface area contributed by atoms with E-state index in [1.807, 2.05) is 20.8 Å². The van der Waals surface area contributed by atoms with Crippen LogP contribution in [0.5, 0.6) is 0 Å². The fraction of sp³-hybridized carbons (Fsp3) is 0.800. The van der Waals surface area contributed by atoms with E-state index >= 15 is 0 Å². The van der Waals surface area contributed by atoms with Crippen LogP contribution < -0.4 is 0 Å². The van der Waals surface area contributed by atoms with Gasteiger partial charge in [0.05, 0.1) is 12.2 Å². The second kappa shape index (κ2) is 5.82. The Morgan fingerprint density at radius 2 is 2.27 bits per heavy atom. The summed E-state index contributed by atoms with van der Waals surface area (Å²) in [7, 11) is 0. The van der Waals surface area contributed by atoms with Gasteiger partial charge in [0.25, 0.3) is 0 Å². The van der Waals surface area contributed by atoms with Gasteiger partial charge in [-0.15, -0.1) is 0 Å². The first-order valence-electron chi connectivity index (χ1n) is 5.35. The molecule has 0 aliphatic carbocycles. The highest BCUT2D eigenvalue weighted by Gasteiger charge is 2.17. The van der Waals surface area contributed by atoms with Crippen LogP contribution in [0.4, 0.5) is 0 Å². The molecule has 0 radical (unpaired) electrons. The number of nitrogens with zero attached hydrogens (tertiary/aromatic N) is 3. The molecule has 0 amide bonds. The Bertz CT molecular complexity index is 288. The van der Waals surface area contributed by atoms with Crippen molar-refractivity contribution in [3.63, 3.8) is 0 Å². The third kappa shape index (κ3) is 3.28. The minimum atomic E-state index is -0.528. The Labute approximate surface area is 90.1 Å². The van der Waals surface area contributed by atoms with Crippen LogP contribution in [0.2, 0.25) is 0 Å². The number of hydrogen-bond donors (Lipinski definition) is 1. The van der Waals surface area contributed by atoms with Gasteiger partial charge in [-0.05, 0) is 20.8 Å². The molecule has 0 saturated carbocycles. The first kappa shape index (κ1) is 12.1. The van der Waals surface area contributed by atoms with Gasteiger partial charge in [0, 0.05) is 19.6 Å². The number of aryl methyl sites for hydroxylation is 1. The quantitative estimate of drug-likeness (QED) is 0.752. The van der Waals surface area contributed by atoms with Gasteiger partial charge in [0.1, 0.15) is 12.2 Å². The number of ether oxygens (including phenoxy) is 1. The highest BCUT2D eigenvalue weighted by Crippen LogP contribution is 2.06. The molecule has 0 fully saturated rings. The molecule has 15 heavy (non-hydrogen) atoms. The van der Waals surface area contributed by atoms with Crippen molar-refractivity contribution in [2.24, 2.45) is 0 Å². The lowest BCUT2D eigenvalue weighted by atomic mass is 10.1. The number of rotatable bonds is 6. The first-order valence-corrected chi connectivity index (χ1v) is 5.35. The normalized spacial score (nSPS) is 15.2. The van der Waals surface area contributed by atoms with E-state index in [1.165, 1.54) is 6.33 Å². The van der Waals surface area contributed by atoms with Crippen molar-refractivity contribution >= 4 is 0 Å². The molecule has 0 aliphatic rings. The fourth-order valence-electron chi connectivity index (χ4n) is 1.44. The summed E-state index contributed by atoms with van der Waals surface area (Å²) in [6, 6.07) is 0. The predicted molar refractivity (Wildman–Crippen MR) is 56.5 cm³/mol. The maximum Gasteiger partial charge on any atom is 0.138 e. The Balaban J connectivity index is 2.53. The summed E-state index contributed by atoms with van der Waals surface area (Å²) in [6.07, 6.45) is 1.29. The second-order valence-corrected chi connectivity index (χ2v) is 3.42. The Hall–Kier alpha value is -0.940. The zero-order chi connectivity index (χ0) is 11.3. The van der Waals surface area contributed by atoms with E-state index in [1.54, 1.807) is 4.68 Å². The molecule has 0 saturated heterocycles. The van der Waals surface area contributed by atoms with E-state index in [2.05, 4.69) is 10.1 Å². The molecular formula is C10H19N3O2. The van der Waals surface area contributed by atoms with E-state index < -0.39 is 6.10 Å². The summed E-state index contributed by atoms with van der Waals surface area (Å²) in [5, 5.41) is 13.9. The third-order valence-electron chi connectivity index (χ3n) is 2.36. The molecule has 0 aliphatic heterocycles. The van der Waals surface area contributed by atoms with Crippen molar-refractivity contribution < 1.29 is 9.84 Å². The standard InChI is InChI=1S/C10H19N3O2/c1-4-13-10(11-7-12-13)6-9(14)8(3)15-5-2/h7-9,14H,4-6H2,1-3H3. The monoisotopic (exact) mass is 213 g/mol. The van der Waals surface area contributed by atoms with Crippen molar-refractivity contribution in [1.82, 2.24) is 14.8 Å². The smallest absolute Gasteiger partial charge is 0.138 e. The molecule has 0 spiro atoms. The van der Waals surface area contributed by atoms with Crippen LogP contribution >= 0.6 is 0 Å². The van der Waals surface area contributed by atoms with Gasteiger partial charge in [-0.2, -0.15) is 5.10 Å². The number of aliphatic hydroxyl groups excluding tert-OH is 1. The van der Waals surface area contributed by atoms with Gasteiger partial charge < -0.3 is 9.84 Å². The fourth-order valence-corrected chi connectivity index (χ4v) is 1.44. The van der Waals surface area contributed by atoms with Crippen LogP contribution in [0.1, 0.15) is 26.6 Å². The highest BCUT2D eigenvalue weighted by molar-refractivity contribution is 4.88. The van der Waals surface area contributed by atoms with Gasteiger partial charge in [-0.25, -0.2) is 4.98 Å². The summed E-state index contributed by atoms with van der Waals surface area (Å²) >= 11 is 0. The predicted octanol–water partition coefficient (Wildman–Crippen LogP) is 0.626. The van der Waals surface area contributed by atoms with Gasteiger partial charge in [-0.1, -0.05) is 0 Å². The molecule has 86 valence electrons. The summed E-state index contributed by atoms with van der Waals surface area (Å²) in [5.74, 6) is 0.802. The molecule has 1 heterocycles. The van der Waals surface area contributed by atoms with Crippen LogP contribution in [0.3, 0.4) is 0 Å². The number of aromatic nitrogens is 3. The molecule has 1 aromatic rings. The average Bonchev–Trinajstić information content (AvgIpc) is 2.65. The molecule has 1 aromatic heterocycles. The van der Waals surface area contributed by atoms with E-state index in [4.69, 9.17) is 4.74 Å². The number of aliphatic hydroxyl groups is 1. The largest absolute Gasteiger partial charge is 0.390 e. The molecule has 0 bridgehead atoms. The zero-order valence-corrected chi connectivity index (χ0v) is 9.55. The minimum absolute atomic E-state index is 0.169. The topological polar surface area (TPSA) is 60.2 Å². The second-order valence-electron chi connectivity index (χ2n) is 3.42. The van der Waals surface area contributed by atoms with Crippen LogP contribution in [0.25, 0.3) is 0 Å². The van der Waals surface area contributed by atoms with E-state index in [0.29, 0.717) is 13.0 Å². The van der Waals surface area contributed by atoms with Crippen LogP contribution in [0, 0.1) is 0 Å². The Kier molecular flexibility index (Phi) is 4.71. The first-order chi connectivity index (χ1) is 7.19. The molecule has 0 aromatic carbocycles. The van der Waals surface area contributed by atoms with Crippen molar-refractivity contribution in [2.75, 3.05) is 6.61 Å². The van der Waals surface area contributed by atoms with E-state index in [0.717, 1.165) is 12.4 Å². The summed E-state index contributed by atoms with van der Waals surface area (Å²) in [5.41, 5.74) is 0. The van der Waals surface area contributed by atoms with Crippen molar-refractivity contribution in [2.45, 2.75) is 45.9 Å². The lowest BCUT2D eigenvalue weighted by molar-refractivity contribution is -0.0219. The van der Waals surface area contributed by atoms with Crippen LogP contribution in [-0.4, -0.2) is 38.7 Å². The van der Waals surface area contributed by atoms with E-state index in [-0.39, 0.29) is 6.10 Å². The lowest BCUT2D eigenvalue weighted by Gasteiger charge is -2.18. The van der Waals surface area contributed by atoms with Crippen LogP contribution in [0.15, 0.2) is 6.33 Å². The van der Waals surface area contributed by atoms with E-state index in [9.17, 15) is 5.11 Å². The lowest BCUT2D eigenvalue weighted by Crippen LogP contribution is -2.29. The van der Waals surface area contributed by atoms with Gasteiger partial charge in [-0.3, -0.25) is 4.68 Å².